The van der Waals surface area contributed by atoms with Crippen molar-refractivity contribution in [1.29, 1.82) is 0 Å². The van der Waals surface area contributed by atoms with Crippen molar-refractivity contribution in [3.63, 3.8) is 0 Å². The summed E-state index contributed by atoms with van der Waals surface area (Å²) in [6, 6.07) is 8.93. The molecule has 0 unspecified atom stereocenters. The number of nitrogens with zero attached hydrogens (tertiary/aromatic N) is 3. The summed E-state index contributed by atoms with van der Waals surface area (Å²) in [5.41, 5.74) is 12.5. The maximum atomic E-state index is 6.29. The SMILES string of the molecule is COC1CCC2(CC1)Cc1ccc(-c3cncc(C)c3)cc1[C@@]21N=C(C)C(N)=N1. The average molecular weight is 389 g/mol. The summed E-state index contributed by atoms with van der Waals surface area (Å²) in [6.07, 6.45) is 9.34. The minimum absolute atomic E-state index is 0.0176. The van der Waals surface area contributed by atoms with E-state index in [-0.39, 0.29) is 5.41 Å². The minimum atomic E-state index is -0.595. The van der Waals surface area contributed by atoms with Crippen molar-refractivity contribution < 1.29 is 4.74 Å². The summed E-state index contributed by atoms with van der Waals surface area (Å²) >= 11 is 0. The highest BCUT2D eigenvalue weighted by Crippen LogP contribution is 2.62. The second-order valence-electron chi connectivity index (χ2n) is 8.88. The van der Waals surface area contributed by atoms with E-state index in [1.165, 1.54) is 11.1 Å². The first-order valence-electron chi connectivity index (χ1n) is 10.5. The molecule has 2 heterocycles. The molecule has 2 aromatic rings. The average Bonchev–Trinajstić information content (AvgIpc) is 3.16. The molecule has 2 spiro atoms. The molecule has 1 fully saturated rings. The first-order chi connectivity index (χ1) is 14.0. The third kappa shape index (κ3) is 2.67. The highest BCUT2D eigenvalue weighted by Gasteiger charge is 2.60. The number of pyridine rings is 1. The number of amidine groups is 1. The molecular weight excluding hydrogens is 360 g/mol. The van der Waals surface area contributed by atoms with Crippen molar-refractivity contribution in [2.75, 3.05) is 7.11 Å². The molecule has 0 saturated heterocycles. The number of aryl methyl sites for hydroxylation is 1. The van der Waals surface area contributed by atoms with Gasteiger partial charge < -0.3 is 10.5 Å². The van der Waals surface area contributed by atoms with E-state index < -0.39 is 5.66 Å². The Kier molecular flexibility index (Phi) is 4.14. The molecule has 1 saturated carbocycles. The molecular formula is C24H28N4O. The van der Waals surface area contributed by atoms with Gasteiger partial charge in [0.1, 0.15) is 5.84 Å². The van der Waals surface area contributed by atoms with Crippen LogP contribution in [0.2, 0.25) is 0 Å². The molecule has 0 amide bonds. The minimum Gasteiger partial charge on any atom is -0.382 e. The highest BCUT2D eigenvalue weighted by atomic mass is 16.5. The van der Waals surface area contributed by atoms with Gasteiger partial charge in [-0.05, 0) is 74.8 Å². The molecule has 1 atom stereocenters. The number of rotatable bonds is 2. The summed E-state index contributed by atoms with van der Waals surface area (Å²) < 4.78 is 5.65. The fourth-order valence-corrected chi connectivity index (χ4v) is 5.56. The van der Waals surface area contributed by atoms with Crippen molar-refractivity contribution in [1.82, 2.24) is 4.98 Å². The third-order valence-electron chi connectivity index (χ3n) is 7.17. The van der Waals surface area contributed by atoms with Gasteiger partial charge in [-0.25, -0.2) is 4.99 Å². The third-order valence-corrected chi connectivity index (χ3v) is 7.17. The molecule has 5 nitrogen and oxygen atoms in total. The van der Waals surface area contributed by atoms with Gasteiger partial charge in [-0.3, -0.25) is 9.98 Å². The molecule has 1 aromatic heterocycles. The topological polar surface area (TPSA) is 72.9 Å². The molecule has 0 bridgehead atoms. The molecule has 5 rings (SSSR count). The highest BCUT2D eigenvalue weighted by molar-refractivity contribution is 6.41. The summed E-state index contributed by atoms with van der Waals surface area (Å²) in [5.74, 6) is 0.578. The fourth-order valence-electron chi connectivity index (χ4n) is 5.56. The Morgan fingerprint density at radius 2 is 1.83 bits per heavy atom. The maximum absolute atomic E-state index is 6.29. The quantitative estimate of drug-likeness (QED) is 0.839. The summed E-state index contributed by atoms with van der Waals surface area (Å²) in [4.78, 5) is 14.6. The van der Waals surface area contributed by atoms with Gasteiger partial charge in [0.25, 0.3) is 0 Å². The predicted octanol–water partition coefficient (Wildman–Crippen LogP) is 4.17. The lowest BCUT2D eigenvalue weighted by molar-refractivity contribution is -0.000372. The van der Waals surface area contributed by atoms with Crippen LogP contribution in [0.3, 0.4) is 0 Å². The van der Waals surface area contributed by atoms with E-state index in [0.717, 1.165) is 54.5 Å². The van der Waals surface area contributed by atoms with E-state index in [9.17, 15) is 0 Å². The maximum Gasteiger partial charge on any atom is 0.184 e. The monoisotopic (exact) mass is 388 g/mol. The number of nitrogens with two attached hydrogens (primary N) is 1. The van der Waals surface area contributed by atoms with E-state index >= 15 is 0 Å². The van der Waals surface area contributed by atoms with Crippen LogP contribution in [0.15, 0.2) is 46.6 Å². The van der Waals surface area contributed by atoms with Gasteiger partial charge in [0.2, 0.25) is 0 Å². The van der Waals surface area contributed by atoms with Crippen molar-refractivity contribution in [3.05, 3.63) is 53.3 Å². The standard InChI is InChI=1S/C24H28N4O/c1-15-10-19(14-26-13-15)17-4-5-18-12-23(8-6-20(29-3)7-9-23)24(21(18)11-17)27-16(2)22(25)28-24/h4-5,10-11,13-14,20H,6-9,12H2,1-3H3,(H2,25,28)/t20?,23?,24-/m0/s1. The van der Waals surface area contributed by atoms with Crippen LogP contribution in [0.25, 0.3) is 11.1 Å². The lowest BCUT2D eigenvalue weighted by Crippen LogP contribution is -2.43. The normalized spacial score (nSPS) is 30.5. The molecule has 29 heavy (non-hydrogen) atoms. The van der Waals surface area contributed by atoms with Crippen molar-refractivity contribution in [2.45, 2.75) is 57.7 Å². The summed E-state index contributed by atoms with van der Waals surface area (Å²) in [6.45, 7) is 4.05. The number of benzene rings is 1. The van der Waals surface area contributed by atoms with Crippen LogP contribution in [0.5, 0.6) is 0 Å². The van der Waals surface area contributed by atoms with E-state index in [2.05, 4.69) is 36.2 Å². The number of aromatic nitrogens is 1. The number of hydrogen-bond donors (Lipinski definition) is 1. The first kappa shape index (κ1) is 18.5. The van der Waals surface area contributed by atoms with Crippen LogP contribution in [0.4, 0.5) is 0 Å². The number of ether oxygens (including phenoxy) is 1. The van der Waals surface area contributed by atoms with Gasteiger partial charge in [0.05, 0.1) is 11.8 Å². The second kappa shape index (κ2) is 6.49. The molecule has 2 N–H and O–H groups in total. The van der Waals surface area contributed by atoms with Crippen LogP contribution in [0, 0.1) is 12.3 Å². The smallest absolute Gasteiger partial charge is 0.184 e. The Morgan fingerprint density at radius 1 is 1.03 bits per heavy atom. The van der Waals surface area contributed by atoms with Crippen molar-refractivity contribution in [3.8, 4) is 11.1 Å². The zero-order chi connectivity index (χ0) is 20.2. The largest absolute Gasteiger partial charge is 0.382 e. The van der Waals surface area contributed by atoms with E-state index in [1.54, 1.807) is 0 Å². The Morgan fingerprint density at radius 3 is 2.48 bits per heavy atom. The van der Waals surface area contributed by atoms with Crippen LogP contribution in [-0.2, 0) is 16.8 Å². The summed E-state index contributed by atoms with van der Waals surface area (Å²) in [7, 11) is 1.82. The van der Waals surface area contributed by atoms with Gasteiger partial charge in [0, 0.05) is 36.0 Å². The van der Waals surface area contributed by atoms with E-state index in [4.69, 9.17) is 20.5 Å². The van der Waals surface area contributed by atoms with Gasteiger partial charge in [-0.2, -0.15) is 0 Å². The van der Waals surface area contributed by atoms with Crippen LogP contribution in [-0.4, -0.2) is 29.7 Å². The number of methoxy groups -OCH3 is 1. The van der Waals surface area contributed by atoms with Crippen LogP contribution in [0.1, 0.15) is 49.3 Å². The van der Waals surface area contributed by atoms with Gasteiger partial charge >= 0.3 is 0 Å². The Balaban J connectivity index is 1.65. The predicted molar refractivity (Wildman–Crippen MR) is 116 cm³/mol. The first-order valence-corrected chi connectivity index (χ1v) is 10.5. The Bertz CT molecular complexity index is 1010. The number of fused-ring (bicyclic) bond motifs is 3. The molecule has 3 aliphatic rings. The molecule has 5 heteroatoms. The lowest BCUT2D eigenvalue weighted by Gasteiger charge is -2.44. The molecule has 150 valence electrons. The van der Waals surface area contributed by atoms with Crippen molar-refractivity contribution in [2.24, 2.45) is 21.1 Å². The molecule has 1 aromatic carbocycles. The summed E-state index contributed by atoms with van der Waals surface area (Å²) in [5, 5.41) is 0. The van der Waals surface area contributed by atoms with E-state index in [1.807, 2.05) is 26.4 Å². The number of aliphatic imine (C=N–C) groups is 2. The second-order valence-corrected chi connectivity index (χ2v) is 8.88. The fraction of sp³-hybridized carbons (Fsp3) is 0.458. The van der Waals surface area contributed by atoms with Crippen LogP contribution >= 0.6 is 0 Å². The Hall–Kier alpha value is -2.53. The number of hydrogen-bond acceptors (Lipinski definition) is 5. The van der Waals surface area contributed by atoms with Gasteiger partial charge in [0.15, 0.2) is 5.66 Å². The van der Waals surface area contributed by atoms with Gasteiger partial charge in [-0.1, -0.05) is 12.1 Å². The molecule has 0 radical (unpaired) electrons. The zero-order valence-electron chi connectivity index (χ0n) is 17.4. The van der Waals surface area contributed by atoms with Crippen LogP contribution < -0.4 is 5.73 Å². The van der Waals surface area contributed by atoms with Crippen molar-refractivity contribution >= 4 is 11.5 Å². The lowest BCUT2D eigenvalue weighted by atomic mass is 9.65. The van der Waals surface area contributed by atoms with Gasteiger partial charge in [-0.15, -0.1) is 0 Å². The van der Waals surface area contributed by atoms with E-state index in [0.29, 0.717) is 11.9 Å². The Labute approximate surface area is 172 Å². The zero-order valence-corrected chi connectivity index (χ0v) is 17.4. The molecule has 1 aliphatic heterocycles. The molecule has 2 aliphatic carbocycles.